The highest BCUT2D eigenvalue weighted by molar-refractivity contribution is 9.10. The number of nitrogens with one attached hydrogen (secondary N) is 1. The summed E-state index contributed by atoms with van der Waals surface area (Å²) in [5.74, 6) is 0.884. The number of benzene rings is 2. The number of carbonyl (C=O) groups excluding carboxylic acids is 1. The number of carbonyl (C=O) groups is 1. The van der Waals surface area contributed by atoms with Crippen LogP contribution in [0.2, 0.25) is 0 Å². The number of anilines is 1. The van der Waals surface area contributed by atoms with Gasteiger partial charge < -0.3 is 19.5 Å². The van der Waals surface area contributed by atoms with E-state index in [2.05, 4.69) is 27.8 Å². The summed E-state index contributed by atoms with van der Waals surface area (Å²) in [6.07, 6.45) is 1.66. The quantitative estimate of drug-likeness (QED) is 0.499. The lowest BCUT2D eigenvalue weighted by Gasteiger charge is -2.13. The molecule has 0 aliphatic carbocycles. The van der Waals surface area contributed by atoms with E-state index < -0.39 is 0 Å². The van der Waals surface area contributed by atoms with E-state index in [1.54, 1.807) is 37.5 Å². The number of methoxy groups -OCH3 is 1. The number of halogens is 1. The maximum atomic E-state index is 12.6. The number of amides is 1. The van der Waals surface area contributed by atoms with Gasteiger partial charge in [0.1, 0.15) is 24.7 Å². The Morgan fingerprint density at radius 2 is 2.04 bits per heavy atom. The van der Waals surface area contributed by atoms with Gasteiger partial charge >= 0.3 is 0 Å². The van der Waals surface area contributed by atoms with Crippen LogP contribution >= 0.6 is 15.9 Å². The molecule has 0 aliphatic rings. The SMILES string of the molecule is C=CCOc1cccc(NC(=O)c2cc(Br)ccc2OCCOC)c1. The van der Waals surface area contributed by atoms with E-state index >= 15 is 0 Å². The molecule has 25 heavy (non-hydrogen) atoms. The molecule has 0 heterocycles. The highest BCUT2D eigenvalue weighted by atomic mass is 79.9. The van der Waals surface area contributed by atoms with Crippen molar-refractivity contribution >= 4 is 27.5 Å². The minimum Gasteiger partial charge on any atom is -0.490 e. The molecule has 0 unspecified atom stereocenters. The molecule has 0 saturated heterocycles. The van der Waals surface area contributed by atoms with Crippen molar-refractivity contribution in [3.05, 3.63) is 65.2 Å². The summed E-state index contributed by atoms with van der Waals surface area (Å²) < 4.78 is 16.9. The molecule has 0 aromatic heterocycles. The van der Waals surface area contributed by atoms with E-state index in [9.17, 15) is 4.79 Å². The lowest BCUT2D eigenvalue weighted by molar-refractivity contribution is 0.101. The fraction of sp³-hybridized carbons (Fsp3) is 0.211. The summed E-state index contributed by atoms with van der Waals surface area (Å²) in [5.41, 5.74) is 1.07. The highest BCUT2D eigenvalue weighted by Gasteiger charge is 2.14. The van der Waals surface area contributed by atoms with Crippen LogP contribution in [-0.4, -0.2) is 32.8 Å². The first-order valence-electron chi connectivity index (χ1n) is 7.70. The topological polar surface area (TPSA) is 56.8 Å². The molecule has 2 rings (SSSR count). The summed E-state index contributed by atoms with van der Waals surface area (Å²) in [6.45, 7) is 4.82. The van der Waals surface area contributed by atoms with Crippen molar-refractivity contribution in [1.82, 2.24) is 0 Å². The number of hydrogen-bond acceptors (Lipinski definition) is 4. The van der Waals surface area contributed by atoms with Gasteiger partial charge in [-0.15, -0.1) is 0 Å². The minimum absolute atomic E-state index is 0.269. The Bertz CT molecular complexity index is 733. The molecule has 0 atom stereocenters. The van der Waals surface area contributed by atoms with Crippen molar-refractivity contribution in [2.45, 2.75) is 0 Å². The smallest absolute Gasteiger partial charge is 0.259 e. The third-order valence-corrected chi connectivity index (χ3v) is 3.68. The van der Waals surface area contributed by atoms with Gasteiger partial charge in [0.15, 0.2) is 0 Å². The van der Waals surface area contributed by atoms with E-state index in [0.29, 0.717) is 42.6 Å². The maximum Gasteiger partial charge on any atom is 0.259 e. The second-order valence-electron chi connectivity index (χ2n) is 5.06. The molecule has 5 nitrogen and oxygen atoms in total. The number of rotatable bonds is 9. The van der Waals surface area contributed by atoms with Crippen LogP contribution in [0.25, 0.3) is 0 Å². The number of ether oxygens (including phenoxy) is 3. The van der Waals surface area contributed by atoms with Gasteiger partial charge in [0.05, 0.1) is 12.2 Å². The average Bonchev–Trinajstić information content (AvgIpc) is 2.61. The van der Waals surface area contributed by atoms with Gasteiger partial charge in [-0.1, -0.05) is 34.7 Å². The lowest BCUT2D eigenvalue weighted by Crippen LogP contribution is -2.15. The number of hydrogen-bond donors (Lipinski definition) is 1. The first-order chi connectivity index (χ1) is 12.1. The molecular formula is C19H20BrNO4. The van der Waals surface area contributed by atoms with Crippen molar-refractivity contribution in [3.8, 4) is 11.5 Å². The van der Waals surface area contributed by atoms with Gasteiger partial charge in [-0.05, 0) is 30.3 Å². The Balaban J connectivity index is 2.14. The Hall–Kier alpha value is -2.31. The Morgan fingerprint density at radius 3 is 2.80 bits per heavy atom. The fourth-order valence-electron chi connectivity index (χ4n) is 2.06. The van der Waals surface area contributed by atoms with Crippen LogP contribution in [-0.2, 0) is 4.74 Å². The van der Waals surface area contributed by atoms with Gasteiger partial charge in [-0.25, -0.2) is 0 Å². The molecule has 1 N–H and O–H groups in total. The van der Waals surface area contributed by atoms with Crippen LogP contribution < -0.4 is 14.8 Å². The largest absolute Gasteiger partial charge is 0.490 e. The molecule has 0 fully saturated rings. The summed E-state index contributed by atoms with van der Waals surface area (Å²) in [4.78, 5) is 12.6. The van der Waals surface area contributed by atoms with E-state index in [1.165, 1.54) is 0 Å². The zero-order valence-electron chi connectivity index (χ0n) is 14.0. The normalized spacial score (nSPS) is 10.2. The predicted octanol–water partition coefficient (Wildman–Crippen LogP) is 4.29. The van der Waals surface area contributed by atoms with Gasteiger partial charge in [-0.2, -0.15) is 0 Å². The molecule has 0 radical (unpaired) electrons. The van der Waals surface area contributed by atoms with Crippen molar-refractivity contribution < 1.29 is 19.0 Å². The molecule has 0 bridgehead atoms. The van der Waals surface area contributed by atoms with Crippen LogP contribution in [0.15, 0.2) is 59.6 Å². The molecule has 6 heteroatoms. The lowest BCUT2D eigenvalue weighted by atomic mass is 10.2. The molecule has 0 spiro atoms. The van der Waals surface area contributed by atoms with Crippen LogP contribution in [0, 0.1) is 0 Å². The molecular weight excluding hydrogens is 386 g/mol. The fourth-order valence-corrected chi connectivity index (χ4v) is 2.42. The Kier molecular flexibility index (Phi) is 7.50. The molecule has 2 aromatic rings. The average molecular weight is 406 g/mol. The van der Waals surface area contributed by atoms with Crippen molar-refractivity contribution in [2.24, 2.45) is 0 Å². The van der Waals surface area contributed by atoms with E-state index in [-0.39, 0.29) is 5.91 Å². The predicted molar refractivity (Wildman–Crippen MR) is 102 cm³/mol. The van der Waals surface area contributed by atoms with Crippen LogP contribution in [0.3, 0.4) is 0 Å². The third-order valence-electron chi connectivity index (χ3n) is 3.19. The van der Waals surface area contributed by atoms with Gasteiger partial charge in [-0.3, -0.25) is 4.79 Å². The Morgan fingerprint density at radius 1 is 1.20 bits per heavy atom. The third kappa shape index (κ3) is 5.92. The van der Waals surface area contributed by atoms with Gasteiger partial charge in [0.2, 0.25) is 0 Å². The Labute approximate surface area is 155 Å². The molecule has 132 valence electrons. The first kappa shape index (κ1) is 19.0. The zero-order valence-corrected chi connectivity index (χ0v) is 15.5. The standard InChI is InChI=1S/C19H20BrNO4/c1-3-9-24-16-6-4-5-15(13-16)21-19(22)17-12-14(20)7-8-18(17)25-11-10-23-2/h3-8,12-13H,1,9-11H2,2H3,(H,21,22). The summed E-state index contributed by atoms with van der Waals surface area (Å²) in [7, 11) is 1.60. The highest BCUT2D eigenvalue weighted by Crippen LogP contribution is 2.25. The summed E-state index contributed by atoms with van der Waals surface area (Å²) in [6, 6.07) is 12.5. The van der Waals surface area contributed by atoms with Crippen molar-refractivity contribution in [3.63, 3.8) is 0 Å². The van der Waals surface area contributed by atoms with Crippen molar-refractivity contribution in [2.75, 3.05) is 32.2 Å². The monoisotopic (exact) mass is 405 g/mol. The molecule has 2 aromatic carbocycles. The van der Waals surface area contributed by atoms with Gasteiger partial charge in [0.25, 0.3) is 5.91 Å². The second-order valence-corrected chi connectivity index (χ2v) is 5.98. The van der Waals surface area contributed by atoms with E-state index in [1.807, 2.05) is 18.2 Å². The van der Waals surface area contributed by atoms with Crippen LogP contribution in [0.1, 0.15) is 10.4 Å². The molecule has 0 saturated carbocycles. The zero-order chi connectivity index (χ0) is 18.1. The second kappa shape index (κ2) is 9.86. The molecule has 1 amide bonds. The van der Waals surface area contributed by atoms with Crippen LogP contribution in [0.5, 0.6) is 11.5 Å². The summed E-state index contributed by atoms with van der Waals surface area (Å²) >= 11 is 3.38. The maximum absolute atomic E-state index is 12.6. The molecule has 0 aliphatic heterocycles. The summed E-state index contributed by atoms with van der Waals surface area (Å²) in [5, 5.41) is 2.86. The van der Waals surface area contributed by atoms with Crippen molar-refractivity contribution in [1.29, 1.82) is 0 Å². The minimum atomic E-state index is -0.269. The first-order valence-corrected chi connectivity index (χ1v) is 8.49. The van der Waals surface area contributed by atoms with E-state index in [4.69, 9.17) is 14.2 Å². The van der Waals surface area contributed by atoms with Crippen LogP contribution in [0.4, 0.5) is 5.69 Å². The van der Waals surface area contributed by atoms with Gasteiger partial charge in [0, 0.05) is 23.3 Å². The van der Waals surface area contributed by atoms with E-state index in [0.717, 1.165) is 4.47 Å².